The van der Waals surface area contributed by atoms with E-state index < -0.39 is 5.60 Å². The Bertz CT molecular complexity index is 458. The molecule has 3 nitrogen and oxygen atoms in total. The highest BCUT2D eigenvalue weighted by Crippen LogP contribution is 2.28. The summed E-state index contributed by atoms with van der Waals surface area (Å²) in [6.45, 7) is 2.80. The van der Waals surface area contributed by atoms with Crippen LogP contribution in [0.5, 0.6) is 0 Å². The van der Waals surface area contributed by atoms with Gasteiger partial charge < -0.3 is 10.0 Å². The topological polar surface area (TPSA) is 40.5 Å². The quantitative estimate of drug-likeness (QED) is 0.763. The van der Waals surface area contributed by atoms with Crippen LogP contribution in [-0.2, 0) is 0 Å². The second-order valence-electron chi connectivity index (χ2n) is 4.36. The second kappa shape index (κ2) is 4.85. The maximum absolute atomic E-state index is 12.2. The van der Waals surface area contributed by atoms with Crippen LogP contribution in [-0.4, -0.2) is 34.6 Å². The van der Waals surface area contributed by atoms with E-state index in [0.717, 1.165) is 8.04 Å². The van der Waals surface area contributed by atoms with E-state index in [-0.39, 0.29) is 5.91 Å². The van der Waals surface area contributed by atoms with Crippen molar-refractivity contribution in [3.63, 3.8) is 0 Å². The summed E-state index contributed by atoms with van der Waals surface area (Å²) in [5.74, 6) is -0.0199. The van der Waals surface area contributed by atoms with Gasteiger partial charge in [0, 0.05) is 8.04 Å². The lowest BCUT2D eigenvalue weighted by Crippen LogP contribution is -2.63. The van der Waals surface area contributed by atoms with Crippen LogP contribution in [0, 0.1) is 3.57 Å². The number of carbonyl (C=O) groups excluding carboxylic acids is 1. The van der Waals surface area contributed by atoms with Gasteiger partial charge >= 0.3 is 0 Å². The van der Waals surface area contributed by atoms with Gasteiger partial charge in [0.05, 0.1) is 24.3 Å². The first kappa shape index (κ1) is 13.3. The fraction of sp³-hybridized carbons (Fsp3) is 0.417. The number of rotatable bonds is 2. The largest absolute Gasteiger partial charge is 0.386 e. The normalized spacial score (nSPS) is 17.8. The molecule has 5 heteroatoms. The Kier molecular flexibility index (Phi) is 3.80. The van der Waals surface area contributed by atoms with Gasteiger partial charge in [0.25, 0.3) is 5.91 Å². The molecule has 2 rings (SSSR count). The van der Waals surface area contributed by atoms with Crippen molar-refractivity contribution in [1.82, 2.24) is 4.90 Å². The standard InChI is InChI=1S/C12H13BrINO2/c1-2-12(17)6-15(7-12)11(16)9-5-8(14)3-4-10(9)13/h3-5,17H,2,6-7H2,1H3. The highest BCUT2D eigenvalue weighted by atomic mass is 127. The molecule has 0 spiro atoms. The van der Waals surface area contributed by atoms with Gasteiger partial charge in [-0.2, -0.15) is 0 Å². The van der Waals surface area contributed by atoms with Crippen LogP contribution >= 0.6 is 38.5 Å². The van der Waals surface area contributed by atoms with Gasteiger partial charge in [-0.05, 0) is 63.1 Å². The lowest BCUT2D eigenvalue weighted by molar-refractivity contribution is -0.0826. The van der Waals surface area contributed by atoms with Crippen molar-refractivity contribution < 1.29 is 9.90 Å². The zero-order chi connectivity index (χ0) is 12.6. The summed E-state index contributed by atoms with van der Waals surface area (Å²) < 4.78 is 1.83. The molecule has 1 N–H and O–H groups in total. The number of likely N-dealkylation sites (tertiary alicyclic amines) is 1. The number of amides is 1. The lowest BCUT2D eigenvalue weighted by Gasteiger charge is -2.46. The monoisotopic (exact) mass is 409 g/mol. The predicted octanol–water partition coefficient (Wildman–Crippen LogP) is 2.65. The van der Waals surface area contributed by atoms with E-state index >= 15 is 0 Å². The summed E-state index contributed by atoms with van der Waals surface area (Å²) in [7, 11) is 0. The molecule has 1 heterocycles. The first-order valence-corrected chi connectivity index (χ1v) is 7.29. The first-order valence-electron chi connectivity index (χ1n) is 5.42. The van der Waals surface area contributed by atoms with Crippen LogP contribution in [0.1, 0.15) is 23.7 Å². The van der Waals surface area contributed by atoms with Crippen molar-refractivity contribution in [1.29, 1.82) is 0 Å². The van der Waals surface area contributed by atoms with Crippen LogP contribution in [0.25, 0.3) is 0 Å². The maximum atomic E-state index is 12.2. The molecule has 0 bridgehead atoms. The van der Waals surface area contributed by atoms with Crippen molar-refractivity contribution in [3.05, 3.63) is 31.8 Å². The number of hydrogen-bond acceptors (Lipinski definition) is 2. The number of hydrogen-bond donors (Lipinski definition) is 1. The SMILES string of the molecule is CCC1(O)CN(C(=O)c2cc(I)ccc2Br)C1. The third-order valence-electron chi connectivity index (χ3n) is 3.07. The molecule has 92 valence electrons. The number of halogens is 2. The summed E-state index contributed by atoms with van der Waals surface area (Å²) >= 11 is 5.57. The fourth-order valence-electron chi connectivity index (χ4n) is 1.86. The molecule has 1 fully saturated rings. The molecule has 1 aromatic rings. The lowest BCUT2D eigenvalue weighted by atomic mass is 9.90. The van der Waals surface area contributed by atoms with Crippen molar-refractivity contribution >= 4 is 44.4 Å². The summed E-state index contributed by atoms with van der Waals surface area (Å²) in [6.07, 6.45) is 0.685. The van der Waals surface area contributed by atoms with E-state index in [0.29, 0.717) is 25.1 Å². The molecule has 1 saturated heterocycles. The Balaban J connectivity index is 2.14. The Morgan fingerprint density at radius 2 is 2.24 bits per heavy atom. The van der Waals surface area contributed by atoms with Crippen molar-refractivity contribution in [2.75, 3.05) is 13.1 Å². The number of benzene rings is 1. The maximum Gasteiger partial charge on any atom is 0.255 e. The third-order valence-corrected chi connectivity index (χ3v) is 4.44. The van der Waals surface area contributed by atoms with Gasteiger partial charge in [-0.25, -0.2) is 0 Å². The van der Waals surface area contributed by atoms with Crippen LogP contribution in [0.15, 0.2) is 22.7 Å². The Morgan fingerprint density at radius 3 is 2.82 bits per heavy atom. The molecule has 0 aromatic heterocycles. The summed E-state index contributed by atoms with van der Waals surface area (Å²) in [5, 5.41) is 9.90. The van der Waals surface area contributed by atoms with E-state index in [1.54, 1.807) is 4.90 Å². The van der Waals surface area contributed by atoms with Gasteiger partial charge in [-0.3, -0.25) is 4.79 Å². The van der Waals surface area contributed by atoms with E-state index in [1.165, 1.54) is 0 Å². The molecular weight excluding hydrogens is 397 g/mol. The minimum atomic E-state index is -0.677. The number of carbonyl (C=O) groups is 1. The first-order chi connectivity index (χ1) is 7.95. The fourth-order valence-corrected chi connectivity index (χ4v) is 2.77. The smallest absolute Gasteiger partial charge is 0.255 e. The van der Waals surface area contributed by atoms with E-state index in [1.807, 2.05) is 25.1 Å². The molecule has 17 heavy (non-hydrogen) atoms. The zero-order valence-electron chi connectivity index (χ0n) is 9.41. The van der Waals surface area contributed by atoms with Crippen LogP contribution in [0.4, 0.5) is 0 Å². The van der Waals surface area contributed by atoms with E-state index in [2.05, 4.69) is 38.5 Å². The second-order valence-corrected chi connectivity index (χ2v) is 6.46. The minimum absolute atomic E-state index is 0.0199. The molecule has 0 radical (unpaired) electrons. The van der Waals surface area contributed by atoms with E-state index in [9.17, 15) is 9.90 Å². The highest BCUT2D eigenvalue weighted by molar-refractivity contribution is 14.1. The molecule has 0 aliphatic carbocycles. The number of aliphatic hydroxyl groups is 1. The molecule has 1 aliphatic rings. The number of β-amino-alcohol motifs (C(OH)–C–C–N with tert-alkyl or cyclic N) is 1. The minimum Gasteiger partial charge on any atom is -0.386 e. The van der Waals surface area contributed by atoms with E-state index in [4.69, 9.17) is 0 Å². The average Bonchev–Trinajstić information content (AvgIpc) is 2.27. The average molecular weight is 410 g/mol. The van der Waals surface area contributed by atoms with Crippen molar-refractivity contribution in [2.24, 2.45) is 0 Å². The number of nitrogens with zero attached hydrogens (tertiary/aromatic N) is 1. The van der Waals surface area contributed by atoms with Gasteiger partial charge in [0.2, 0.25) is 0 Å². The summed E-state index contributed by atoms with van der Waals surface area (Å²) in [4.78, 5) is 13.9. The van der Waals surface area contributed by atoms with Gasteiger partial charge in [-0.1, -0.05) is 6.92 Å². The van der Waals surface area contributed by atoms with Gasteiger partial charge in [-0.15, -0.1) is 0 Å². The Morgan fingerprint density at radius 1 is 1.59 bits per heavy atom. The van der Waals surface area contributed by atoms with Crippen LogP contribution in [0.3, 0.4) is 0 Å². The molecule has 1 amide bonds. The van der Waals surface area contributed by atoms with Crippen molar-refractivity contribution in [3.8, 4) is 0 Å². The van der Waals surface area contributed by atoms with Crippen LogP contribution in [0.2, 0.25) is 0 Å². The van der Waals surface area contributed by atoms with Crippen LogP contribution < -0.4 is 0 Å². The van der Waals surface area contributed by atoms with Gasteiger partial charge in [0.1, 0.15) is 0 Å². The third kappa shape index (κ3) is 2.66. The molecular formula is C12H13BrINO2. The predicted molar refractivity (Wildman–Crippen MR) is 78.0 cm³/mol. The summed E-state index contributed by atoms with van der Waals surface area (Å²) in [6, 6.07) is 5.68. The van der Waals surface area contributed by atoms with Crippen molar-refractivity contribution in [2.45, 2.75) is 18.9 Å². The molecule has 1 aliphatic heterocycles. The Labute approximate surface area is 122 Å². The molecule has 1 aromatic carbocycles. The molecule has 0 atom stereocenters. The Hall–Kier alpha value is -0.140. The summed E-state index contributed by atoms with van der Waals surface area (Å²) in [5.41, 5.74) is -0.0144. The molecule has 0 saturated carbocycles. The zero-order valence-corrected chi connectivity index (χ0v) is 13.2. The molecule has 0 unspecified atom stereocenters. The van der Waals surface area contributed by atoms with Gasteiger partial charge in [0.15, 0.2) is 0 Å². The highest BCUT2D eigenvalue weighted by Gasteiger charge is 2.42.